The summed E-state index contributed by atoms with van der Waals surface area (Å²) in [4.78, 5) is 25.5. The van der Waals surface area contributed by atoms with Gasteiger partial charge in [0.05, 0.1) is 12.2 Å². The Hall–Kier alpha value is -1.92. The van der Waals surface area contributed by atoms with Crippen LogP contribution in [-0.2, 0) is 27.3 Å². The van der Waals surface area contributed by atoms with Crippen molar-refractivity contribution in [3.05, 3.63) is 35.4 Å². The molecule has 6 heteroatoms. The number of nitrogens with zero attached hydrogens (tertiary/aromatic N) is 1. The third kappa shape index (κ3) is 4.30. The number of carbonyl (C=O) groups is 2. The number of hydrogen-bond donors (Lipinski definition) is 2. The van der Waals surface area contributed by atoms with Crippen molar-refractivity contribution in [1.82, 2.24) is 4.90 Å². The molecule has 0 spiro atoms. The lowest BCUT2D eigenvalue weighted by Crippen LogP contribution is -2.55. The van der Waals surface area contributed by atoms with E-state index in [1.54, 1.807) is 0 Å². The Labute approximate surface area is 136 Å². The smallest absolute Gasteiger partial charge is 0.326 e. The molecule has 0 aliphatic carbocycles. The number of ether oxygens (including phenoxy) is 1. The summed E-state index contributed by atoms with van der Waals surface area (Å²) < 4.78 is 5.55. The first-order valence-corrected chi connectivity index (χ1v) is 7.68. The van der Waals surface area contributed by atoms with Crippen molar-refractivity contribution in [1.29, 1.82) is 0 Å². The molecule has 126 valence electrons. The minimum absolute atomic E-state index is 0.0623. The van der Waals surface area contributed by atoms with E-state index in [4.69, 9.17) is 10.5 Å². The zero-order chi connectivity index (χ0) is 17.2. The zero-order valence-electron chi connectivity index (χ0n) is 13.8. The molecule has 1 amide bonds. The lowest BCUT2D eigenvalue weighted by atomic mass is 9.93. The van der Waals surface area contributed by atoms with Gasteiger partial charge in [-0.3, -0.25) is 4.79 Å². The molecule has 0 saturated carbocycles. The number of aliphatic carboxylic acids is 1. The van der Waals surface area contributed by atoms with Gasteiger partial charge in [0.1, 0.15) is 12.1 Å². The van der Waals surface area contributed by atoms with Gasteiger partial charge in [0, 0.05) is 13.0 Å². The second-order valence-corrected chi connectivity index (χ2v) is 6.82. The van der Waals surface area contributed by atoms with Crippen LogP contribution in [0.5, 0.6) is 0 Å². The van der Waals surface area contributed by atoms with E-state index < -0.39 is 29.6 Å². The SMILES string of the molecule is CC(C)(C)OC[C@H](N)C(=O)N1Cc2ccccc2C[C@@H]1C(=O)O. The minimum Gasteiger partial charge on any atom is -0.480 e. The van der Waals surface area contributed by atoms with Gasteiger partial charge < -0.3 is 20.5 Å². The van der Waals surface area contributed by atoms with Crippen molar-refractivity contribution in [3.8, 4) is 0 Å². The van der Waals surface area contributed by atoms with E-state index in [2.05, 4.69) is 0 Å². The molecule has 1 aliphatic rings. The predicted octanol–water partition coefficient (Wildman–Crippen LogP) is 1.17. The van der Waals surface area contributed by atoms with Crippen LogP contribution in [0.3, 0.4) is 0 Å². The molecular weight excluding hydrogens is 296 g/mol. The number of carbonyl (C=O) groups excluding carboxylic acids is 1. The Morgan fingerprint density at radius 1 is 1.35 bits per heavy atom. The van der Waals surface area contributed by atoms with E-state index in [1.807, 2.05) is 45.0 Å². The summed E-state index contributed by atoms with van der Waals surface area (Å²) in [7, 11) is 0. The number of amides is 1. The summed E-state index contributed by atoms with van der Waals surface area (Å²) in [6.07, 6.45) is 0.296. The lowest BCUT2D eigenvalue weighted by molar-refractivity contribution is -0.153. The van der Waals surface area contributed by atoms with Crippen LogP contribution >= 0.6 is 0 Å². The monoisotopic (exact) mass is 320 g/mol. The Balaban J connectivity index is 2.15. The number of nitrogens with two attached hydrogens (primary N) is 1. The first-order valence-electron chi connectivity index (χ1n) is 7.68. The van der Waals surface area contributed by atoms with Crippen molar-refractivity contribution in [2.24, 2.45) is 5.73 Å². The Morgan fingerprint density at radius 3 is 2.52 bits per heavy atom. The largest absolute Gasteiger partial charge is 0.480 e. The average Bonchev–Trinajstić information content (AvgIpc) is 2.49. The molecule has 2 rings (SSSR count). The van der Waals surface area contributed by atoms with Gasteiger partial charge in [-0.05, 0) is 31.9 Å². The van der Waals surface area contributed by atoms with Crippen LogP contribution in [0, 0.1) is 0 Å². The zero-order valence-corrected chi connectivity index (χ0v) is 13.8. The molecule has 2 atom stereocenters. The molecule has 0 unspecified atom stereocenters. The Kier molecular flexibility index (Phi) is 5.06. The van der Waals surface area contributed by atoms with E-state index >= 15 is 0 Å². The van der Waals surface area contributed by atoms with Gasteiger partial charge in [-0.1, -0.05) is 24.3 Å². The van der Waals surface area contributed by atoms with Crippen LogP contribution < -0.4 is 5.73 Å². The first kappa shape index (κ1) is 17.4. The highest BCUT2D eigenvalue weighted by Crippen LogP contribution is 2.24. The number of carboxylic acid groups (broad SMARTS) is 1. The molecule has 1 heterocycles. The van der Waals surface area contributed by atoms with Gasteiger partial charge in [0.15, 0.2) is 0 Å². The van der Waals surface area contributed by atoms with Crippen LogP contribution in [0.2, 0.25) is 0 Å². The summed E-state index contributed by atoms with van der Waals surface area (Å²) in [5, 5.41) is 9.46. The molecule has 0 fully saturated rings. The van der Waals surface area contributed by atoms with Gasteiger partial charge >= 0.3 is 5.97 Å². The molecule has 1 aromatic carbocycles. The third-order valence-corrected chi connectivity index (χ3v) is 3.83. The molecule has 0 aromatic heterocycles. The van der Waals surface area contributed by atoms with E-state index in [0.717, 1.165) is 11.1 Å². The molecule has 6 nitrogen and oxygen atoms in total. The fourth-order valence-corrected chi connectivity index (χ4v) is 2.60. The van der Waals surface area contributed by atoms with Gasteiger partial charge in [-0.2, -0.15) is 0 Å². The van der Waals surface area contributed by atoms with Crippen molar-refractivity contribution in [3.63, 3.8) is 0 Å². The van der Waals surface area contributed by atoms with Crippen LogP contribution in [-0.4, -0.2) is 46.2 Å². The summed E-state index contributed by atoms with van der Waals surface area (Å²) in [6.45, 7) is 5.95. The maximum absolute atomic E-state index is 12.6. The predicted molar refractivity (Wildman–Crippen MR) is 85.8 cm³/mol. The van der Waals surface area contributed by atoms with Crippen LogP contribution in [0.1, 0.15) is 31.9 Å². The number of fused-ring (bicyclic) bond motifs is 1. The van der Waals surface area contributed by atoms with E-state index in [9.17, 15) is 14.7 Å². The summed E-state index contributed by atoms with van der Waals surface area (Å²) in [5.74, 6) is -1.41. The van der Waals surface area contributed by atoms with Gasteiger partial charge in [-0.15, -0.1) is 0 Å². The molecule has 0 radical (unpaired) electrons. The standard InChI is InChI=1S/C17H24N2O4/c1-17(2,3)23-10-13(18)15(20)19-9-12-7-5-4-6-11(12)8-14(19)16(21)22/h4-7,13-14H,8-10,18H2,1-3H3,(H,21,22)/t13-,14+/m0/s1. The first-order chi connectivity index (χ1) is 10.7. The average molecular weight is 320 g/mol. The van der Waals surface area contributed by atoms with Gasteiger partial charge in [-0.25, -0.2) is 4.79 Å². The van der Waals surface area contributed by atoms with Gasteiger partial charge in [0.25, 0.3) is 0 Å². The van der Waals surface area contributed by atoms with Crippen molar-refractivity contribution >= 4 is 11.9 Å². The second-order valence-electron chi connectivity index (χ2n) is 6.82. The van der Waals surface area contributed by atoms with E-state index in [1.165, 1.54) is 4.90 Å². The van der Waals surface area contributed by atoms with Crippen molar-refractivity contribution in [2.45, 2.75) is 51.4 Å². The number of benzene rings is 1. The molecule has 1 aromatic rings. The van der Waals surface area contributed by atoms with Gasteiger partial charge in [0.2, 0.25) is 5.91 Å². The third-order valence-electron chi connectivity index (χ3n) is 3.83. The molecule has 0 saturated heterocycles. The summed E-state index contributed by atoms with van der Waals surface area (Å²) in [6, 6.07) is 5.80. The van der Waals surface area contributed by atoms with E-state index in [-0.39, 0.29) is 13.2 Å². The summed E-state index contributed by atoms with van der Waals surface area (Å²) >= 11 is 0. The quantitative estimate of drug-likeness (QED) is 0.868. The molecule has 23 heavy (non-hydrogen) atoms. The fourth-order valence-electron chi connectivity index (χ4n) is 2.60. The highest BCUT2D eigenvalue weighted by molar-refractivity contribution is 5.87. The van der Waals surface area contributed by atoms with Crippen LogP contribution in [0.25, 0.3) is 0 Å². The van der Waals surface area contributed by atoms with E-state index in [0.29, 0.717) is 6.42 Å². The second kappa shape index (κ2) is 6.68. The van der Waals surface area contributed by atoms with Crippen molar-refractivity contribution < 1.29 is 19.4 Å². The molecular formula is C17H24N2O4. The Bertz CT molecular complexity index is 595. The summed E-state index contributed by atoms with van der Waals surface area (Å²) in [5.41, 5.74) is 7.45. The Morgan fingerprint density at radius 2 is 1.96 bits per heavy atom. The number of hydrogen-bond acceptors (Lipinski definition) is 4. The van der Waals surface area contributed by atoms with Crippen LogP contribution in [0.4, 0.5) is 0 Å². The molecule has 1 aliphatic heterocycles. The highest BCUT2D eigenvalue weighted by Gasteiger charge is 2.36. The lowest BCUT2D eigenvalue weighted by Gasteiger charge is -2.36. The number of carboxylic acids is 1. The molecule has 3 N–H and O–H groups in total. The maximum atomic E-state index is 12.6. The topological polar surface area (TPSA) is 92.9 Å². The minimum atomic E-state index is -1.02. The normalized spacial score (nSPS) is 19.1. The van der Waals surface area contributed by atoms with Crippen molar-refractivity contribution in [2.75, 3.05) is 6.61 Å². The highest BCUT2D eigenvalue weighted by atomic mass is 16.5. The number of rotatable bonds is 4. The fraction of sp³-hybridized carbons (Fsp3) is 0.529. The molecule has 0 bridgehead atoms. The maximum Gasteiger partial charge on any atom is 0.326 e. The van der Waals surface area contributed by atoms with Crippen LogP contribution in [0.15, 0.2) is 24.3 Å².